The van der Waals surface area contributed by atoms with Gasteiger partial charge in [0.25, 0.3) is 0 Å². The van der Waals surface area contributed by atoms with Gasteiger partial charge in [-0.05, 0) is 56.5 Å². The summed E-state index contributed by atoms with van der Waals surface area (Å²) in [6, 6.07) is 4.57. The lowest BCUT2D eigenvalue weighted by molar-refractivity contribution is 0.145. The molecule has 1 aromatic rings. The lowest BCUT2D eigenvalue weighted by Gasteiger charge is -2.31. The molecule has 0 bridgehead atoms. The molecule has 0 saturated carbocycles. The van der Waals surface area contributed by atoms with Crippen molar-refractivity contribution in [2.45, 2.75) is 51.2 Å². The van der Waals surface area contributed by atoms with E-state index < -0.39 is 5.67 Å². The van der Waals surface area contributed by atoms with Gasteiger partial charge in [-0.3, -0.25) is 0 Å². The summed E-state index contributed by atoms with van der Waals surface area (Å²) in [5.74, 6) is -0.365. The zero-order valence-corrected chi connectivity index (χ0v) is 11.1. The number of nitrogens with one attached hydrogen (secondary N) is 1. The monoisotopic (exact) mass is 253 g/mol. The minimum atomic E-state index is -1.47. The van der Waals surface area contributed by atoms with Gasteiger partial charge in [0.1, 0.15) is 11.5 Å². The van der Waals surface area contributed by atoms with Crippen LogP contribution in [0.15, 0.2) is 18.2 Å². The van der Waals surface area contributed by atoms with Crippen molar-refractivity contribution in [3.63, 3.8) is 0 Å². The van der Waals surface area contributed by atoms with Gasteiger partial charge in [-0.2, -0.15) is 0 Å². The first-order valence-electron chi connectivity index (χ1n) is 6.68. The summed E-state index contributed by atoms with van der Waals surface area (Å²) in [7, 11) is 0. The van der Waals surface area contributed by atoms with E-state index in [0.717, 1.165) is 24.9 Å². The number of rotatable bonds is 3. The highest BCUT2D eigenvalue weighted by molar-refractivity contribution is 5.31. The van der Waals surface area contributed by atoms with E-state index >= 15 is 0 Å². The third-order valence-corrected chi connectivity index (χ3v) is 3.80. The number of hydrogen-bond donors (Lipinski definition) is 1. The number of alkyl halides is 1. The molecule has 3 heteroatoms. The molecule has 1 fully saturated rings. The Bertz CT molecular complexity index is 409. The Morgan fingerprint density at radius 2 is 2.17 bits per heavy atom. The molecule has 1 heterocycles. The fourth-order valence-electron chi connectivity index (χ4n) is 2.83. The van der Waals surface area contributed by atoms with Crippen LogP contribution in [-0.4, -0.2) is 12.6 Å². The molecule has 1 N–H and O–H groups in total. The normalized spacial score (nSPS) is 23.7. The van der Waals surface area contributed by atoms with E-state index in [1.165, 1.54) is 18.6 Å². The predicted molar refractivity (Wildman–Crippen MR) is 69.9 cm³/mol. The van der Waals surface area contributed by atoms with Gasteiger partial charge >= 0.3 is 0 Å². The summed E-state index contributed by atoms with van der Waals surface area (Å²) in [6.45, 7) is 4.36. The molecule has 1 aromatic carbocycles. The summed E-state index contributed by atoms with van der Waals surface area (Å²) in [5, 5.41) is 3.35. The lowest BCUT2D eigenvalue weighted by Crippen LogP contribution is -2.38. The van der Waals surface area contributed by atoms with Crippen LogP contribution in [0.3, 0.4) is 0 Å². The van der Waals surface area contributed by atoms with E-state index in [4.69, 9.17) is 0 Å². The second-order valence-electron chi connectivity index (χ2n) is 5.51. The Hall–Kier alpha value is -0.960. The van der Waals surface area contributed by atoms with Crippen LogP contribution in [0.2, 0.25) is 0 Å². The minimum absolute atomic E-state index is 0.205. The molecule has 0 radical (unpaired) electrons. The van der Waals surface area contributed by atoms with E-state index in [2.05, 4.69) is 5.32 Å². The molecule has 1 nitrogen and oxygen atoms in total. The van der Waals surface area contributed by atoms with Gasteiger partial charge in [-0.15, -0.1) is 0 Å². The number of benzene rings is 1. The number of halogens is 2. The molecule has 2 atom stereocenters. The second kappa shape index (κ2) is 5.35. The zero-order chi connectivity index (χ0) is 13.2. The van der Waals surface area contributed by atoms with Gasteiger partial charge in [0, 0.05) is 12.5 Å². The van der Waals surface area contributed by atoms with Crippen LogP contribution < -0.4 is 5.32 Å². The van der Waals surface area contributed by atoms with Crippen molar-refractivity contribution in [3.8, 4) is 0 Å². The fraction of sp³-hybridized carbons (Fsp3) is 0.600. The van der Waals surface area contributed by atoms with E-state index in [-0.39, 0.29) is 11.9 Å². The van der Waals surface area contributed by atoms with E-state index in [1.54, 1.807) is 13.0 Å². The first-order valence-corrected chi connectivity index (χ1v) is 6.68. The molecule has 0 aromatic heterocycles. The van der Waals surface area contributed by atoms with Crippen LogP contribution in [0, 0.1) is 12.7 Å². The van der Waals surface area contributed by atoms with Gasteiger partial charge in [0.15, 0.2) is 0 Å². The maximum Gasteiger partial charge on any atom is 0.135 e. The summed E-state index contributed by atoms with van der Waals surface area (Å²) in [5.41, 5.74) is -0.173. The number of hydrogen-bond acceptors (Lipinski definition) is 1. The molecule has 1 aliphatic heterocycles. The summed E-state index contributed by atoms with van der Waals surface area (Å²) in [6.07, 6.45) is 3.74. The third-order valence-electron chi connectivity index (χ3n) is 3.80. The van der Waals surface area contributed by atoms with E-state index in [9.17, 15) is 8.78 Å². The Kier molecular flexibility index (Phi) is 4.00. The Balaban J connectivity index is 2.15. The number of aryl methyl sites for hydroxylation is 1. The maximum absolute atomic E-state index is 14.8. The second-order valence-corrected chi connectivity index (χ2v) is 5.51. The molecular weight excluding hydrogens is 232 g/mol. The highest BCUT2D eigenvalue weighted by Gasteiger charge is 2.31. The van der Waals surface area contributed by atoms with Gasteiger partial charge in [-0.1, -0.05) is 12.5 Å². The molecule has 0 spiro atoms. The van der Waals surface area contributed by atoms with E-state index in [0.29, 0.717) is 12.0 Å². The van der Waals surface area contributed by atoms with Crippen molar-refractivity contribution < 1.29 is 8.78 Å². The Labute approximate surface area is 108 Å². The van der Waals surface area contributed by atoms with Crippen LogP contribution in [0.1, 0.15) is 43.7 Å². The smallest absolute Gasteiger partial charge is 0.135 e. The minimum Gasteiger partial charge on any atom is -0.314 e. The van der Waals surface area contributed by atoms with Crippen LogP contribution in [0.5, 0.6) is 0 Å². The maximum atomic E-state index is 14.8. The first kappa shape index (κ1) is 13.5. The average molecular weight is 253 g/mol. The Morgan fingerprint density at radius 3 is 2.83 bits per heavy atom. The van der Waals surface area contributed by atoms with Gasteiger partial charge in [0.05, 0.1) is 0 Å². The predicted octanol–water partition coefficient (Wildman–Crippen LogP) is 3.85. The van der Waals surface area contributed by atoms with Crippen molar-refractivity contribution in [1.29, 1.82) is 0 Å². The molecular formula is C15H21F2N. The topological polar surface area (TPSA) is 12.0 Å². The highest BCUT2D eigenvalue weighted by atomic mass is 19.1. The third kappa shape index (κ3) is 3.08. The van der Waals surface area contributed by atoms with Gasteiger partial charge in [0.2, 0.25) is 0 Å². The van der Waals surface area contributed by atoms with Gasteiger partial charge < -0.3 is 5.32 Å². The zero-order valence-electron chi connectivity index (χ0n) is 11.1. The van der Waals surface area contributed by atoms with Crippen molar-refractivity contribution >= 4 is 0 Å². The molecule has 1 saturated heterocycles. The molecule has 2 rings (SSSR count). The van der Waals surface area contributed by atoms with Crippen molar-refractivity contribution in [1.82, 2.24) is 5.32 Å². The molecule has 0 amide bonds. The first-order chi connectivity index (χ1) is 8.49. The van der Waals surface area contributed by atoms with Gasteiger partial charge in [-0.25, -0.2) is 8.78 Å². The quantitative estimate of drug-likeness (QED) is 0.862. The van der Waals surface area contributed by atoms with Crippen LogP contribution in [0.4, 0.5) is 8.78 Å². The van der Waals surface area contributed by atoms with Crippen LogP contribution in [0.25, 0.3) is 0 Å². The molecule has 1 aliphatic rings. The average Bonchev–Trinajstić information content (AvgIpc) is 2.33. The molecule has 100 valence electrons. The van der Waals surface area contributed by atoms with Crippen molar-refractivity contribution in [2.75, 3.05) is 6.54 Å². The Morgan fingerprint density at radius 1 is 1.39 bits per heavy atom. The summed E-state index contributed by atoms with van der Waals surface area (Å²) >= 11 is 0. The van der Waals surface area contributed by atoms with Crippen molar-refractivity contribution in [3.05, 3.63) is 35.1 Å². The summed E-state index contributed by atoms with van der Waals surface area (Å²) in [4.78, 5) is 0. The van der Waals surface area contributed by atoms with Crippen molar-refractivity contribution in [2.24, 2.45) is 0 Å². The van der Waals surface area contributed by atoms with E-state index in [1.807, 2.05) is 6.92 Å². The standard InChI is InChI=1S/C15H21F2N/c1-11-6-7-12(16)9-14(11)15(2,17)10-13-5-3-4-8-18-13/h6-7,9,13,18H,3-5,8,10H2,1-2H3. The summed E-state index contributed by atoms with van der Waals surface area (Å²) < 4.78 is 28.1. The molecule has 18 heavy (non-hydrogen) atoms. The number of piperidine rings is 1. The van der Waals surface area contributed by atoms with Crippen LogP contribution in [-0.2, 0) is 5.67 Å². The SMILES string of the molecule is Cc1ccc(F)cc1C(C)(F)CC1CCCCN1. The molecule has 2 unspecified atom stereocenters. The largest absolute Gasteiger partial charge is 0.314 e. The lowest BCUT2D eigenvalue weighted by atomic mass is 9.85. The van der Waals surface area contributed by atoms with Crippen LogP contribution >= 0.6 is 0 Å². The highest BCUT2D eigenvalue weighted by Crippen LogP contribution is 2.34. The molecule has 0 aliphatic carbocycles. The fourth-order valence-corrected chi connectivity index (χ4v) is 2.83.